The van der Waals surface area contributed by atoms with Crippen molar-refractivity contribution in [3.63, 3.8) is 0 Å². The third-order valence-electron chi connectivity index (χ3n) is 10.0. The minimum Gasteiger partial charge on any atom is -0.456 e. The molecule has 0 aliphatic carbocycles. The van der Waals surface area contributed by atoms with E-state index in [0.29, 0.717) is 0 Å². The van der Waals surface area contributed by atoms with Crippen molar-refractivity contribution in [1.82, 2.24) is 0 Å². The molecule has 2 nitrogen and oxygen atoms in total. The third-order valence-corrected chi connectivity index (χ3v) is 10.0. The molecule has 234 valence electrons. The molecule has 0 saturated heterocycles. The largest absolute Gasteiger partial charge is 0.456 e. The summed E-state index contributed by atoms with van der Waals surface area (Å²) in [4.78, 5) is 2.40. The van der Waals surface area contributed by atoms with E-state index in [1.807, 2.05) is 12.1 Å². The zero-order chi connectivity index (χ0) is 33.0. The number of furan rings is 1. The highest BCUT2D eigenvalue weighted by Crippen LogP contribution is 2.42. The van der Waals surface area contributed by atoms with E-state index in [1.54, 1.807) is 0 Å². The van der Waals surface area contributed by atoms with Gasteiger partial charge in [0.2, 0.25) is 0 Å². The Morgan fingerprint density at radius 3 is 1.76 bits per heavy atom. The van der Waals surface area contributed by atoms with Crippen molar-refractivity contribution in [1.29, 1.82) is 0 Å². The van der Waals surface area contributed by atoms with Crippen LogP contribution < -0.4 is 4.90 Å². The fraction of sp³-hybridized carbons (Fsp3) is 0. The van der Waals surface area contributed by atoms with Crippen LogP contribution in [-0.2, 0) is 0 Å². The van der Waals surface area contributed by atoms with Crippen molar-refractivity contribution >= 4 is 71.3 Å². The van der Waals surface area contributed by atoms with Gasteiger partial charge in [-0.2, -0.15) is 0 Å². The van der Waals surface area contributed by atoms with Gasteiger partial charge in [0.1, 0.15) is 11.2 Å². The molecule has 0 aliphatic heterocycles. The van der Waals surface area contributed by atoms with Crippen molar-refractivity contribution in [2.75, 3.05) is 4.90 Å². The standard InChI is InChI=1S/C48H31NO/c1-2-10-32(11-3-1)36-14-8-15-37(28-36)33-22-25-39(26-23-33)49(46-18-9-13-34-12-4-5-16-41(34)46)40-27-24-35-20-21-38-29-48-45(31-44(38)43(35)30-40)42-17-6-7-19-47(42)50-48/h1-31H. The summed E-state index contributed by atoms with van der Waals surface area (Å²) in [5.41, 5.74) is 10.0. The average molecular weight is 638 g/mol. The van der Waals surface area contributed by atoms with Crippen molar-refractivity contribution in [2.24, 2.45) is 0 Å². The first-order valence-corrected chi connectivity index (χ1v) is 17.1. The maximum Gasteiger partial charge on any atom is 0.136 e. The molecule has 0 amide bonds. The Morgan fingerprint density at radius 1 is 0.300 bits per heavy atom. The van der Waals surface area contributed by atoms with Crippen LogP contribution in [0.2, 0.25) is 0 Å². The number of nitrogens with zero attached hydrogens (tertiary/aromatic N) is 1. The van der Waals surface area contributed by atoms with E-state index in [0.717, 1.165) is 39.0 Å². The molecule has 0 saturated carbocycles. The molecule has 1 aromatic heterocycles. The minimum atomic E-state index is 0.917. The quantitative estimate of drug-likeness (QED) is 0.175. The van der Waals surface area contributed by atoms with E-state index in [-0.39, 0.29) is 0 Å². The van der Waals surface area contributed by atoms with Gasteiger partial charge in [-0.25, -0.2) is 0 Å². The minimum absolute atomic E-state index is 0.917. The molecule has 0 atom stereocenters. The molecule has 1 heterocycles. The second kappa shape index (κ2) is 11.5. The molecule has 0 N–H and O–H groups in total. The second-order valence-electron chi connectivity index (χ2n) is 13.0. The summed E-state index contributed by atoms with van der Waals surface area (Å²) >= 11 is 0. The topological polar surface area (TPSA) is 16.4 Å². The van der Waals surface area contributed by atoms with Crippen molar-refractivity contribution in [2.45, 2.75) is 0 Å². The molecule has 0 radical (unpaired) electrons. The lowest BCUT2D eigenvalue weighted by molar-refractivity contribution is 0.669. The van der Waals surface area contributed by atoms with Crippen LogP contribution in [-0.4, -0.2) is 0 Å². The Hall–Kier alpha value is -6.64. The van der Waals surface area contributed by atoms with Crippen LogP contribution in [0.15, 0.2) is 192 Å². The third kappa shape index (κ3) is 4.73. The van der Waals surface area contributed by atoms with Crippen LogP contribution >= 0.6 is 0 Å². The highest BCUT2D eigenvalue weighted by Gasteiger charge is 2.17. The molecular formula is C48H31NO. The van der Waals surface area contributed by atoms with Crippen LogP contribution in [0.5, 0.6) is 0 Å². The first-order valence-electron chi connectivity index (χ1n) is 17.1. The van der Waals surface area contributed by atoms with Crippen LogP contribution in [0.3, 0.4) is 0 Å². The van der Waals surface area contributed by atoms with E-state index in [4.69, 9.17) is 4.42 Å². The van der Waals surface area contributed by atoms with E-state index in [1.165, 1.54) is 54.6 Å². The monoisotopic (exact) mass is 637 g/mol. The molecule has 10 aromatic rings. The lowest BCUT2D eigenvalue weighted by atomic mass is 9.98. The van der Waals surface area contributed by atoms with Crippen molar-refractivity contribution in [3.8, 4) is 22.3 Å². The molecule has 10 rings (SSSR count). The summed E-state index contributed by atoms with van der Waals surface area (Å²) < 4.78 is 6.25. The van der Waals surface area contributed by atoms with Crippen molar-refractivity contribution < 1.29 is 4.42 Å². The molecule has 0 bridgehead atoms. The number of hydrogen-bond donors (Lipinski definition) is 0. The molecule has 9 aromatic carbocycles. The van der Waals surface area contributed by atoms with Crippen LogP contribution in [0, 0.1) is 0 Å². The van der Waals surface area contributed by atoms with E-state index in [2.05, 4.69) is 181 Å². The summed E-state index contributed by atoms with van der Waals surface area (Å²) in [6.45, 7) is 0. The number of benzene rings is 9. The molecule has 0 fully saturated rings. The fourth-order valence-corrected chi connectivity index (χ4v) is 7.54. The summed E-state index contributed by atoms with van der Waals surface area (Å²) in [5.74, 6) is 0. The Morgan fingerprint density at radius 2 is 0.900 bits per heavy atom. The predicted molar refractivity (Wildman–Crippen MR) is 212 cm³/mol. The van der Waals surface area contributed by atoms with Gasteiger partial charge in [0.25, 0.3) is 0 Å². The van der Waals surface area contributed by atoms with Gasteiger partial charge < -0.3 is 9.32 Å². The van der Waals surface area contributed by atoms with Gasteiger partial charge in [0, 0.05) is 27.5 Å². The SMILES string of the molecule is c1ccc(-c2cccc(-c3ccc(N(c4ccc5ccc6cc7oc8ccccc8c7cc6c5c4)c4cccc5ccccc45)cc3)c2)cc1. The second-order valence-corrected chi connectivity index (χ2v) is 13.0. The van der Waals surface area contributed by atoms with Gasteiger partial charge in [-0.1, -0.05) is 133 Å². The number of para-hydroxylation sites is 1. The first kappa shape index (κ1) is 28.4. The number of fused-ring (bicyclic) bond motifs is 7. The Balaban J connectivity index is 1.15. The highest BCUT2D eigenvalue weighted by molar-refractivity contribution is 6.17. The Bertz CT molecular complexity index is 2860. The summed E-state index contributed by atoms with van der Waals surface area (Å²) in [6, 6.07) is 67.7. The van der Waals surface area contributed by atoms with E-state index >= 15 is 0 Å². The van der Waals surface area contributed by atoms with Gasteiger partial charge in [0.15, 0.2) is 0 Å². The maximum atomic E-state index is 6.25. The highest BCUT2D eigenvalue weighted by atomic mass is 16.3. The summed E-state index contributed by atoms with van der Waals surface area (Å²) in [6.07, 6.45) is 0. The smallest absolute Gasteiger partial charge is 0.136 e. The Kier molecular flexibility index (Phi) is 6.53. The van der Waals surface area contributed by atoms with Gasteiger partial charge in [-0.15, -0.1) is 0 Å². The van der Waals surface area contributed by atoms with Gasteiger partial charge in [0.05, 0.1) is 5.69 Å². The predicted octanol–water partition coefficient (Wildman–Crippen LogP) is 13.8. The van der Waals surface area contributed by atoms with Crippen molar-refractivity contribution in [3.05, 3.63) is 188 Å². The van der Waals surface area contributed by atoms with Crippen LogP contribution in [0.4, 0.5) is 17.1 Å². The molecule has 50 heavy (non-hydrogen) atoms. The zero-order valence-corrected chi connectivity index (χ0v) is 27.3. The molecular weight excluding hydrogens is 607 g/mol. The van der Waals surface area contributed by atoms with Crippen LogP contribution in [0.25, 0.3) is 76.5 Å². The zero-order valence-electron chi connectivity index (χ0n) is 27.3. The molecule has 0 unspecified atom stereocenters. The van der Waals surface area contributed by atoms with Gasteiger partial charge in [-0.3, -0.25) is 0 Å². The fourth-order valence-electron chi connectivity index (χ4n) is 7.54. The van der Waals surface area contributed by atoms with Crippen LogP contribution in [0.1, 0.15) is 0 Å². The number of anilines is 3. The molecule has 2 heteroatoms. The number of rotatable bonds is 5. The lowest BCUT2D eigenvalue weighted by Gasteiger charge is -2.27. The summed E-state index contributed by atoms with van der Waals surface area (Å²) in [7, 11) is 0. The van der Waals surface area contributed by atoms with E-state index in [9.17, 15) is 0 Å². The number of hydrogen-bond acceptors (Lipinski definition) is 2. The lowest BCUT2D eigenvalue weighted by Crippen LogP contribution is -2.10. The maximum absolute atomic E-state index is 6.25. The molecule has 0 spiro atoms. The normalized spacial score (nSPS) is 11.6. The average Bonchev–Trinajstić information content (AvgIpc) is 3.55. The summed E-state index contributed by atoms with van der Waals surface area (Å²) in [5, 5.41) is 9.51. The van der Waals surface area contributed by atoms with Gasteiger partial charge >= 0.3 is 0 Å². The first-order chi connectivity index (χ1) is 24.8. The van der Waals surface area contributed by atoms with E-state index < -0.39 is 0 Å². The Labute approximate surface area is 290 Å². The van der Waals surface area contributed by atoms with Gasteiger partial charge in [-0.05, 0) is 104 Å². The molecule has 0 aliphatic rings.